The lowest BCUT2D eigenvalue weighted by Gasteiger charge is -2.42. The number of hydrogen-bond donors (Lipinski definition) is 0. The van der Waals surface area contributed by atoms with Gasteiger partial charge in [0, 0.05) is 18.5 Å². The van der Waals surface area contributed by atoms with Gasteiger partial charge in [0.2, 0.25) is 5.91 Å². The van der Waals surface area contributed by atoms with Gasteiger partial charge in [0.05, 0.1) is 19.6 Å². The highest BCUT2D eigenvalue weighted by Crippen LogP contribution is 2.31. The van der Waals surface area contributed by atoms with E-state index in [1.807, 2.05) is 67.7 Å². The monoisotopic (exact) mass is 446 g/mol. The van der Waals surface area contributed by atoms with Crippen LogP contribution in [0.15, 0.2) is 60.7 Å². The van der Waals surface area contributed by atoms with Crippen LogP contribution in [0.1, 0.15) is 43.7 Å². The molecule has 0 aromatic heterocycles. The molecule has 5 nitrogen and oxygen atoms in total. The summed E-state index contributed by atoms with van der Waals surface area (Å²) < 4.78 is 5.12. The third-order valence-corrected chi connectivity index (χ3v) is 6.19. The summed E-state index contributed by atoms with van der Waals surface area (Å²) in [5.74, 6) is 5.83. The van der Waals surface area contributed by atoms with Crippen LogP contribution in [0.2, 0.25) is 0 Å². The van der Waals surface area contributed by atoms with Crippen LogP contribution < -0.4 is 0 Å². The third kappa shape index (κ3) is 6.24. The SMILES string of the molecule is COC(=O)C1CC(N(C)CC#CC(C)C)CCN1C(=O)C(c1ccccc1)c1ccccc1. The summed E-state index contributed by atoms with van der Waals surface area (Å²) in [6.45, 7) is 5.28. The normalized spacial score (nSPS) is 18.2. The van der Waals surface area contributed by atoms with Gasteiger partial charge >= 0.3 is 5.97 Å². The number of nitrogens with zero attached hydrogens (tertiary/aromatic N) is 2. The van der Waals surface area contributed by atoms with Crippen molar-refractivity contribution in [2.75, 3.05) is 27.2 Å². The van der Waals surface area contributed by atoms with Gasteiger partial charge < -0.3 is 9.64 Å². The summed E-state index contributed by atoms with van der Waals surface area (Å²) in [4.78, 5) is 30.6. The Hall–Kier alpha value is -3.10. The van der Waals surface area contributed by atoms with E-state index < -0.39 is 12.0 Å². The highest BCUT2D eigenvalue weighted by Gasteiger charge is 2.40. The molecule has 1 fully saturated rings. The second-order valence-corrected chi connectivity index (χ2v) is 8.89. The number of carbonyl (C=O) groups excluding carboxylic acids is 2. The highest BCUT2D eigenvalue weighted by molar-refractivity contribution is 5.91. The maximum atomic E-state index is 13.9. The number of hydrogen-bond acceptors (Lipinski definition) is 4. The van der Waals surface area contributed by atoms with E-state index in [2.05, 4.69) is 30.6 Å². The summed E-state index contributed by atoms with van der Waals surface area (Å²) in [6.07, 6.45) is 1.32. The van der Waals surface area contributed by atoms with Gasteiger partial charge in [-0.05, 0) is 31.0 Å². The molecule has 2 aromatic carbocycles. The molecule has 1 aliphatic rings. The van der Waals surface area contributed by atoms with Crippen molar-refractivity contribution in [1.29, 1.82) is 0 Å². The number of rotatable bonds is 6. The Morgan fingerprint density at radius 1 is 1.06 bits per heavy atom. The van der Waals surface area contributed by atoms with Gasteiger partial charge in [-0.2, -0.15) is 0 Å². The van der Waals surface area contributed by atoms with E-state index in [1.165, 1.54) is 7.11 Å². The van der Waals surface area contributed by atoms with Crippen molar-refractivity contribution in [2.24, 2.45) is 5.92 Å². The second kappa shape index (κ2) is 11.7. The first-order valence-electron chi connectivity index (χ1n) is 11.6. The van der Waals surface area contributed by atoms with Crippen LogP contribution >= 0.6 is 0 Å². The molecule has 0 radical (unpaired) electrons. The van der Waals surface area contributed by atoms with Crippen LogP contribution in [0.25, 0.3) is 0 Å². The van der Waals surface area contributed by atoms with Crippen LogP contribution in [0.5, 0.6) is 0 Å². The zero-order valence-corrected chi connectivity index (χ0v) is 20.0. The number of methoxy groups -OCH3 is 1. The van der Waals surface area contributed by atoms with Gasteiger partial charge in [-0.25, -0.2) is 4.79 Å². The molecule has 5 heteroatoms. The van der Waals surface area contributed by atoms with Crippen molar-refractivity contribution in [3.8, 4) is 11.8 Å². The number of likely N-dealkylation sites (tertiary alicyclic amines) is 1. The van der Waals surface area contributed by atoms with E-state index in [0.717, 1.165) is 17.5 Å². The lowest BCUT2D eigenvalue weighted by atomic mass is 9.87. The number of carbonyl (C=O) groups is 2. The molecule has 0 aliphatic carbocycles. The smallest absolute Gasteiger partial charge is 0.328 e. The second-order valence-electron chi connectivity index (χ2n) is 8.89. The Labute approximate surface area is 197 Å². The Balaban J connectivity index is 1.86. The number of esters is 1. The Kier molecular flexibility index (Phi) is 8.68. The molecular formula is C28H34N2O3. The molecule has 1 saturated heterocycles. The zero-order valence-electron chi connectivity index (χ0n) is 20.0. The maximum Gasteiger partial charge on any atom is 0.328 e. The minimum absolute atomic E-state index is 0.0662. The van der Waals surface area contributed by atoms with Gasteiger partial charge in [-0.3, -0.25) is 9.69 Å². The molecule has 1 amide bonds. The number of benzene rings is 2. The van der Waals surface area contributed by atoms with Crippen LogP contribution in [-0.2, 0) is 14.3 Å². The summed E-state index contributed by atoms with van der Waals surface area (Å²) >= 11 is 0. The predicted molar refractivity (Wildman–Crippen MR) is 131 cm³/mol. The number of piperidine rings is 1. The number of ether oxygens (including phenoxy) is 1. The molecule has 1 heterocycles. The molecule has 2 unspecified atom stereocenters. The first-order valence-corrected chi connectivity index (χ1v) is 11.6. The van der Waals surface area contributed by atoms with Gasteiger partial charge in [0.15, 0.2) is 0 Å². The molecular weight excluding hydrogens is 412 g/mol. The lowest BCUT2D eigenvalue weighted by Crippen LogP contribution is -2.55. The van der Waals surface area contributed by atoms with E-state index in [1.54, 1.807) is 4.90 Å². The number of amides is 1. The van der Waals surface area contributed by atoms with Crippen molar-refractivity contribution in [1.82, 2.24) is 9.80 Å². The molecule has 0 bridgehead atoms. The van der Waals surface area contributed by atoms with Gasteiger partial charge in [0.1, 0.15) is 6.04 Å². The molecule has 0 spiro atoms. The average molecular weight is 447 g/mol. The van der Waals surface area contributed by atoms with Crippen LogP contribution in [0.3, 0.4) is 0 Å². The fourth-order valence-corrected chi connectivity index (χ4v) is 4.41. The van der Waals surface area contributed by atoms with E-state index in [0.29, 0.717) is 25.4 Å². The van der Waals surface area contributed by atoms with E-state index in [-0.39, 0.29) is 17.9 Å². The van der Waals surface area contributed by atoms with E-state index in [4.69, 9.17) is 4.74 Å². The lowest BCUT2D eigenvalue weighted by molar-refractivity contribution is -0.156. The van der Waals surface area contributed by atoms with Crippen LogP contribution in [0, 0.1) is 17.8 Å². The van der Waals surface area contributed by atoms with Gasteiger partial charge in [0.25, 0.3) is 0 Å². The first kappa shape index (κ1) is 24.5. The zero-order chi connectivity index (χ0) is 23.8. The van der Waals surface area contributed by atoms with Crippen LogP contribution in [-0.4, -0.2) is 61.0 Å². The fourth-order valence-electron chi connectivity index (χ4n) is 4.41. The largest absolute Gasteiger partial charge is 0.467 e. The molecule has 0 saturated carbocycles. The predicted octanol–water partition coefficient (Wildman–Crippen LogP) is 3.94. The van der Waals surface area contributed by atoms with Crippen molar-refractivity contribution in [3.63, 3.8) is 0 Å². The summed E-state index contributed by atoms with van der Waals surface area (Å²) in [6, 6.07) is 19.1. The topological polar surface area (TPSA) is 49.9 Å². The molecule has 174 valence electrons. The Morgan fingerprint density at radius 3 is 2.15 bits per heavy atom. The van der Waals surface area contributed by atoms with Crippen molar-refractivity contribution in [3.05, 3.63) is 71.8 Å². The summed E-state index contributed by atoms with van der Waals surface area (Å²) in [5, 5.41) is 0. The van der Waals surface area contributed by atoms with Gasteiger partial charge in [-0.1, -0.05) is 86.4 Å². The summed E-state index contributed by atoms with van der Waals surface area (Å²) in [5.41, 5.74) is 1.83. The minimum atomic E-state index is -0.614. The minimum Gasteiger partial charge on any atom is -0.467 e. The van der Waals surface area contributed by atoms with Gasteiger partial charge in [-0.15, -0.1) is 0 Å². The molecule has 3 rings (SSSR count). The van der Waals surface area contributed by atoms with Crippen molar-refractivity contribution < 1.29 is 14.3 Å². The maximum absolute atomic E-state index is 13.9. The molecule has 1 aliphatic heterocycles. The molecule has 33 heavy (non-hydrogen) atoms. The molecule has 2 aromatic rings. The first-order chi connectivity index (χ1) is 15.9. The quantitative estimate of drug-likeness (QED) is 0.498. The Morgan fingerprint density at radius 2 is 1.64 bits per heavy atom. The average Bonchev–Trinajstić information content (AvgIpc) is 2.84. The van der Waals surface area contributed by atoms with E-state index in [9.17, 15) is 9.59 Å². The van der Waals surface area contributed by atoms with Crippen LogP contribution in [0.4, 0.5) is 0 Å². The summed E-state index contributed by atoms with van der Waals surface area (Å²) in [7, 11) is 3.42. The third-order valence-electron chi connectivity index (χ3n) is 6.19. The van der Waals surface area contributed by atoms with Crippen molar-refractivity contribution in [2.45, 2.75) is 44.7 Å². The van der Waals surface area contributed by atoms with Crippen molar-refractivity contribution >= 4 is 11.9 Å². The fraction of sp³-hybridized carbons (Fsp3) is 0.429. The highest BCUT2D eigenvalue weighted by atomic mass is 16.5. The Bertz CT molecular complexity index is 939. The molecule has 0 N–H and O–H groups in total. The molecule has 2 atom stereocenters. The standard InChI is InChI=1S/C28H34N2O3/c1-21(2)12-11-18-29(3)24-17-19-30(25(20-24)28(32)33-4)27(31)26(22-13-7-5-8-14-22)23-15-9-6-10-16-23/h5-10,13-16,21,24-26H,17-20H2,1-4H3. The van der Waals surface area contributed by atoms with E-state index >= 15 is 0 Å².